The molecule has 1 aromatic rings. The second kappa shape index (κ2) is 7.42. The van der Waals surface area contributed by atoms with E-state index in [1.807, 2.05) is 19.1 Å². The standard InChI is InChI=1S/C13H18N2O3/c1-10(11-5-4-8-14-9-11)15-12(16)6-2-3-7-13(17)18/h4-5,8-10H,2-3,6-7H2,1H3,(H,15,16)(H,17,18). The van der Waals surface area contributed by atoms with Gasteiger partial charge in [0.15, 0.2) is 0 Å². The predicted octanol–water partition coefficient (Wildman–Crippen LogP) is 1.90. The van der Waals surface area contributed by atoms with Crippen molar-refractivity contribution in [2.75, 3.05) is 0 Å². The lowest BCUT2D eigenvalue weighted by molar-refractivity contribution is -0.137. The highest BCUT2D eigenvalue weighted by molar-refractivity contribution is 5.76. The molecule has 1 atom stereocenters. The summed E-state index contributed by atoms with van der Waals surface area (Å²) in [6.07, 6.45) is 5.00. The molecule has 0 bridgehead atoms. The van der Waals surface area contributed by atoms with Gasteiger partial charge in [-0.2, -0.15) is 0 Å². The molecular weight excluding hydrogens is 232 g/mol. The van der Waals surface area contributed by atoms with E-state index in [0.717, 1.165) is 5.56 Å². The zero-order chi connectivity index (χ0) is 13.4. The molecule has 5 nitrogen and oxygen atoms in total. The Kier molecular flexibility index (Phi) is 5.84. The van der Waals surface area contributed by atoms with Crippen LogP contribution in [0.25, 0.3) is 0 Å². The Balaban J connectivity index is 2.26. The van der Waals surface area contributed by atoms with Crippen LogP contribution in [0.4, 0.5) is 0 Å². The van der Waals surface area contributed by atoms with Crippen LogP contribution in [0.5, 0.6) is 0 Å². The van der Waals surface area contributed by atoms with Crippen molar-refractivity contribution in [1.82, 2.24) is 10.3 Å². The number of hydrogen-bond donors (Lipinski definition) is 2. The van der Waals surface area contributed by atoms with Crippen molar-refractivity contribution in [3.8, 4) is 0 Å². The van der Waals surface area contributed by atoms with Crippen LogP contribution in [0.15, 0.2) is 24.5 Å². The highest BCUT2D eigenvalue weighted by Gasteiger charge is 2.09. The number of nitrogens with zero attached hydrogens (tertiary/aromatic N) is 1. The minimum atomic E-state index is -0.820. The van der Waals surface area contributed by atoms with E-state index in [0.29, 0.717) is 19.3 Å². The van der Waals surface area contributed by atoms with Gasteiger partial charge in [0.05, 0.1) is 6.04 Å². The Morgan fingerprint density at radius 1 is 1.39 bits per heavy atom. The molecule has 1 heterocycles. The predicted molar refractivity (Wildman–Crippen MR) is 66.9 cm³/mol. The zero-order valence-corrected chi connectivity index (χ0v) is 10.4. The third kappa shape index (κ3) is 5.43. The van der Waals surface area contributed by atoms with E-state index in [-0.39, 0.29) is 18.4 Å². The van der Waals surface area contributed by atoms with E-state index in [1.165, 1.54) is 0 Å². The molecule has 0 saturated heterocycles. The molecule has 0 aliphatic carbocycles. The maximum absolute atomic E-state index is 11.6. The van der Waals surface area contributed by atoms with Gasteiger partial charge in [0, 0.05) is 25.2 Å². The third-order valence-electron chi connectivity index (χ3n) is 2.61. The zero-order valence-electron chi connectivity index (χ0n) is 10.4. The van der Waals surface area contributed by atoms with Crippen molar-refractivity contribution in [3.05, 3.63) is 30.1 Å². The average Bonchev–Trinajstić information content (AvgIpc) is 2.35. The Morgan fingerprint density at radius 3 is 2.72 bits per heavy atom. The molecule has 1 amide bonds. The first-order valence-corrected chi connectivity index (χ1v) is 6.00. The summed E-state index contributed by atoms with van der Waals surface area (Å²) >= 11 is 0. The van der Waals surface area contributed by atoms with Gasteiger partial charge >= 0.3 is 5.97 Å². The first-order chi connectivity index (χ1) is 8.59. The summed E-state index contributed by atoms with van der Waals surface area (Å²) in [5.74, 6) is -0.879. The molecule has 0 saturated carbocycles. The Labute approximate surface area is 106 Å². The number of nitrogens with one attached hydrogen (secondary N) is 1. The largest absolute Gasteiger partial charge is 0.481 e. The summed E-state index contributed by atoms with van der Waals surface area (Å²) in [6, 6.07) is 3.65. The molecule has 1 rings (SSSR count). The molecular formula is C13H18N2O3. The topological polar surface area (TPSA) is 79.3 Å². The lowest BCUT2D eigenvalue weighted by atomic mass is 10.1. The van der Waals surface area contributed by atoms with Gasteiger partial charge in [-0.3, -0.25) is 14.6 Å². The SMILES string of the molecule is CC(NC(=O)CCCCC(=O)O)c1cccnc1. The van der Waals surface area contributed by atoms with Crippen LogP contribution in [0.2, 0.25) is 0 Å². The van der Waals surface area contributed by atoms with Crippen molar-refractivity contribution in [2.45, 2.75) is 38.6 Å². The first kappa shape index (κ1) is 14.2. The number of carbonyl (C=O) groups is 2. The maximum atomic E-state index is 11.6. The van der Waals surface area contributed by atoms with Gasteiger partial charge in [0.2, 0.25) is 5.91 Å². The van der Waals surface area contributed by atoms with Crippen LogP contribution in [0.1, 0.15) is 44.2 Å². The number of carboxylic acids is 1. The lowest BCUT2D eigenvalue weighted by Gasteiger charge is -2.13. The number of amides is 1. The van der Waals surface area contributed by atoms with Crippen molar-refractivity contribution in [3.63, 3.8) is 0 Å². The normalized spacial score (nSPS) is 11.8. The number of rotatable bonds is 7. The monoisotopic (exact) mass is 250 g/mol. The number of carboxylic acid groups (broad SMARTS) is 1. The number of pyridine rings is 1. The van der Waals surface area contributed by atoms with E-state index >= 15 is 0 Å². The summed E-state index contributed by atoms with van der Waals surface area (Å²) < 4.78 is 0. The Hall–Kier alpha value is -1.91. The van der Waals surface area contributed by atoms with Gasteiger partial charge in [-0.25, -0.2) is 0 Å². The molecule has 98 valence electrons. The molecule has 0 radical (unpaired) electrons. The fourth-order valence-corrected chi connectivity index (χ4v) is 1.59. The van der Waals surface area contributed by atoms with E-state index in [2.05, 4.69) is 10.3 Å². The van der Waals surface area contributed by atoms with Crippen LogP contribution in [-0.4, -0.2) is 22.0 Å². The highest BCUT2D eigenvalue weighted by atomic mass is 16.4. The van der Waals surface area contributed by atoms with Crippen LogP contribution < -0.4 is 5.32 Å². The summed E-state index contributed by atoms with van der Waals surface area (Å²) in [5.41, 5.74) is 0.955. The lowest BCUT2D eigenvalue weighted by Crippen LogP contribution is -2.26. The van der Waals surface area contributed by atoms with E-state index in [1.54, 1.807) is 12.4 Å². The van der Waals surface area contributed by atoms with Gasteiger partial charge in [-0.05, 0) is 31.4 Å². The van der Waals surface area contributed by atoms with Gasteiger partial charge in [0.25, 0.3) is 0 Å². The number of carbonyl (C=O) groups excluding carboxylic acids is 1. The molecule has 0 aromatic carbocycles. The van der Waals surface area contributed by atoms with Crippen molar-refractivity contribution in [2.24, 2.45) is 0 Å². The average molecular weight is 250 g/mol. The van der Waals surface area contributed by atoms with Crippen molar-refractivity contribution < 1.29 is 14.7 Å². The van der Waals surface area contributed by atoms with E-state index in [9.17, 15) is 9.59 Å². The molecule has 0 spiro atoms. The van der Waals surface area contributed by atoms with Crippen LogP contribution in [0.3, 0.4) is 0 Å². The minimum absolute atomic E-state index is 0.0586. The van der Waals surface area contributed by atoms with Gasteiger partial charge in [-0.15, -0.1) is 0 Å². The molecule has 0 aliphatic heterocycles. The molecule has 1 unspecified atom stereocenters. The number of hydrogen-bond acceptors (Lipinski definition) is 3. The van der Waals surface area contributed by atoms with E-state index < -0.39 is 5.97 Å². The highest BCUT2D eigenvalue weighted by Crippen LogP contribution is 2.10. The van der Waals surface area contributed by atoms with Gasteiger partial charge in [0.1, 0.15) is 0 Å². The Morgan fingerprint density at radius 2 is 2.11 bits per heavy atom. The fraction of sp³-hybridized carbons (Fsp3) is 0.462. The van der Waals surface area contributed by atoms with Gasteiger partial charge < -0.3 is 10.4 Å². The fourth-order valence-electron chi connectivity index (χ4n) is 1.59. The Bertz CT molecular complexity index is 392. The molecule has 2 N–H and O–H groups in total. The summed E-state index contributed by atoms with van der Waals surface area (Å²) in [5, 5.41) is 11.3. The van der Waals surface area contributed by atoms with Crippen molar-refractivity contribution >= 4 is 11.9 Å². The quantitative estimate of drug-likeness (QED) is 0.724. The van der Waals surface area contributed by atoms with E-state index in [4.69, 9.17) is 5.11 Å². The second-order valence-electron chi connectivity index (χ2n) is 4.18. The van der Waals surface area contributed by atoms with Crippen molar-refractivity contribution in [1.29, 1.82) is 0 Å². The second-order valence-corrected chi connectivity index (χ2v) is 4.18. The van der Waals surface area contributed by atoms with Crippen LogP contribution in [-0.2, 0) is 9.59 Å². The smallest absolute Gasteiger partial charge is 0.303 e. The summed E-state index contributed by atoms with van der Waals surface area (Å²) in [6.45, 7) is 1.90. The number of aromatic nitrogens is 1. The van der Waals surface area contributed by atoms with Gasteiger partial charge in [-0.1, -0.05) is 6.07 Å². The third-order valence-corrected chi connectivity index (χ3v) is 2.61. The van der Waals surface area contributed by atoms with Crippen LogP contribution in [0, 0.1) is 0 Å². The molecule has 1 aromatic heterocycles. The molecule has 0 fully saturated rings. The molecule has 0 aliphatic rings. The number of unbranched alkanes of at least 4 members (excludes halogenated alkanes) is 1. The molecule has 18 heavy (non-hydrogen) atoms. The first-order valence-electron chi connectivity index (χ1n) is 6.00. The number of aliphatic carboxylic acids is 1. The maximum Gasteiger partial charge on any atom is 0.303 e. The molecule has 5 heteroatoms. The summed E-state index contributed by atoms with van der Waals surface area (Å²) in [4.78, 5) is 25.9. The van der Waals surface area contributed by atoms with Crippen LogP contribution >= 0.6 is 0 Å². The summed E-state index contributed by atoms with van der Waals surface area (Å²) in [7, 11) is 0. The minimum Gasteiger partial charge on any atom is -0.481 e.